The highest BCUT2D eigenvalue weighted by atomic mass is 19.1. The maximum absolute atomic E-state index is 13.0. The number of H-pyrrole nitrogens is 1. The number of aromatic amines is 1. The lowest BCUT2D eigenvalue weighted by atomic mass is 10.2. The van der Waals surface area contributed by atoms with Gasteiger partial charge in [-0.05, 0) is 19.4 Å². The predicted molar refractivity (Wildman–Crippen MR) is 67.6 cm³/mol. The van der Waals surface area contributed by atoms with E-state index < -0.39 is 23.1 Å². The Hall–Kier alpha value is -1.96. The number of rotatable bonds is 6. The van der Waals surface area contributed by atoms with Crippen LogP contribution in [0.5, 0.6) is 0 Å². The van der Waals surface area contributed by atoms with Gasteiger partial charge in [-0.25, -0.2) is 14.2 Å². The fourth-order valence-corrected chi connectivity index (χ4v) is 1.50. The molecule has 8 heteroatoms. The number of nitrogens with zero attached hydrogens (tertiary/aromatic N) is 1. The van der Waals surface area contributed by atoms with Crippen LogP contribution in [0.4, 0.5) is 9.18 Å². The minimum atomic E-state index is -1.18. The van der Waals surface area contributed by atoms with Crippen molar-refractivity contribution in [3.8, 4) is 0 Å². The normalized spacial score (nSPS) is 10.4. The van der Waals surface area contributed by atoms with E-state index in [0.717, 1.165) is 25.7 Å². The average Bonchev–Trinajstić information content (AvgIpc) is 2.37. The molecule has 0 aliphatic rings. The van der Waals surface area contributed by atoms with Crippen LogP contribution in [0.1, 0.15) is 25.7 Å². The fraction of sp³-hybridized carbons (Fsp3) is 0.545. The number of halogens is 1. The molecule has 0 saturated carbocycles. The molecular weight excluding hydrogens is 255 g/mol. The van der Waals surface area contributed by atoms with Crippen LogP contribution >= 0.6 is 0 Å². The first-order chi connectivity index (χ1) is 9.06. The number of amides is 1. The Bertz CT molecular complexity index is 537. The third-order valence-electron chi connectivity index (χ3n) is 2.52. The van der Waals surface area contributed by atoms with Crippen molar-refractivity contribution in [3.05, 3.63) is 32.9 Å². The Balaban J connectivity index is 2.48. The van der Waals surface area contributed by atoms with Gasteiger partial charge in [0.2, 0.25) is 5.82 Å². The molecule has 1 rings (SSSR count). The summed E-state index contributed by atoms with van der Waals surface area (Å²) in [5, 5.41) is 2.47. The van der Waals surface area contributed by atoms with Crippen LogP contribution in [0.25, 0.3) is 0 Å². The fourth-order valence-electron chi connectivity index (χ4n) is 1.50. The van der Waals surface area contributed by atoms with E-state index in [1.807, 2.05) is 0 Å². The molecule has 0 aliphatic heterocycles. The van der Waals surface area contributed by atoms with Crippen LogP contribution in [0.15, 0.2) is 15.8 Å². The summed E-state index contributed by atoms with van der Waals surface area (Å²) in [7, 11) is 0. The van der Waals surface area contributed by atoms with Crippen LogP contribution in [0, 0.1) is 5.82 Å². The van der Waals surface area contributed by atoms with Gasteiger partial charge in [0.25, 0.3) is 5.56 Å². The molecular formula is C11H17FN4O3. The van der Waals surface area contributed by atoms with E-state index >= 15 is 0 Å². The maximum Gasteiger partial charge on any atom is 0.336 e. The van der Waals surface area contributed by atoms with E-state index in [4.69, 9.17) is 5.73 Å². The van der Waals surface area contributed by atoms with Crippen molar-refractivity contribution in [2.45, 2.75) is 25.7 Å². The molecule has 106 valence electrons. The first kappa shape index (κ1) is 15.1. The largest absolute Gasteiger partial charge is 0.337 e. The van der Waals surface area contributed by atoms with Gasteiger partial charge < -0.3 is 11.1 Å². The highest BCUT2D eigenvalue weighted by molar-refractivity contribution is 5.76. The SMILES string of the molecule is NCCCCCCNC(=O)n1cc(F)c(=O)[nH]c1=O. The lowest BCUT2D eigenvalue weighted by Gasteiger charge is -2.06. The molecule has 0 unspecified atom stereocenters. The van der Waals surface area contributed by atoms with E-state index in [0.29, 0.717) is 23.9 Å². The number of aromatic nitrogens is 2. The molecule has 0 saturated heterocycles. The quantitative estimate of drug-likeness (QED) is 0.620. The molecule has 1 amide bonds. The smallest absolute Gasteiger partial charge is 0.336 e. The summed E-state index contributed by atoms with van der Waals surface area (Å²) in [6, 6.07) is -0.765. The first-order valence-corrected chi connectivity index (χ1v) is 6.06. The van der Waals surface area contributed by atoms with Crippen molar-refractivity contribution in [2.24, 2.45) is 5.73 Å². The molecule has 0 spiro atoms. The van der Waals surface area contributed by atoms with Gasteiger partial charge in [-0.2, -0.15) is 4.39 Å². The number of nitrogens with one attached hydrogen (secondary N) is 2. The van der Waals surface area contributed by atoms with E-state index in [-0.39, 0.29) is 0 Å². The van der Waals surface area contributed by atoms with Crippen LogP contribution in [-0.2, 0) is 0 Å². The zero-order valence-corrected chi connectivity index (χ0v) is 10.4. The molecule has 1 aromatic rings. The summed E-state index contributed by atoms with van der Waals surface area (Å²) < 4.78 is 13.4. The van der Waals surface area contributed by atoms with Gasteiger partial charge in [-0.15, -0.1) is 0 Å². The van der Waals surface area contributed by atoms with E-state index in [2.05, 4.69) is 5.32 Å². The lowest BCUT2D eigenvalue weighted by molar-refractivity contribution is 0.240. The van der Waals surface area contributed by atoms with Crippen molar-refractivity contribution < 1.29 is 9.18 Å². The average molecular weight is 272 g/mol. The first-order valence-electron chi connectivity index (χ1n) is 6.06. The monoisotopic (exact) mass is 272 g/mol. The van der Waals surface area contributed by atoms with E-state index in [1.165, 1.54) is 0 Å². The predicted octanol–water partition coefficient (Wildman–Crippen LogP) is -0.247. The van der Waals surface area contributed by atoms with Gasteiger partial charge in [0.05, 0.1) is 6.20 Å². The van der Waals surface area contributed by atoms with Crippen LogP contribution in [0.3, 0.4) is 0 Å². The molecule has 1 heterocycles. The van der Waals surface area contributed by atoms with E-state index in [9.17, 15) is 18.8 Å². The van der Waals surface area contributed by atoms with Gasteiger partial charge in [0.1, 0.15) is 0 Å². The molecule has 0 aliphatic carbocycles. The Labute approximate surface area is 108 Å². The summed E-state index contributed by atoms with van der Waals surface area (Å²) in [5.41, 5.74) is 3.23. The minimum Gasteiger partial charge on any atom is -0.337 e. The number of hydrogen-bond acceptors (Lipinski definition) is 4. The third-order valence-corrected chi connectivity index (χ3v) is 2.52. The second-order valence-corrected chi connectivity index (χ2v) is 4.04. The zero-order chi connectivity index (χ0) is 14.3. The molecule has 0 aromatic carbocycles. The van der Waals surface area contributed by atoms with Crippen LogP contribution in [-0.4, -0.2) is 28.7 Å². The lowest BCUT2D eigenvalue weighted by Crippen LogP contribution is -2.40. The Morgan fingerprint density at radius 2 is 2.00 bits per heavy atom. The summed E-state index contributed by atoms with van der Waals surface area (Å²) in [4.78, 5) is 35.3. The molecule has 0 bridgehead atoms. The van der Waals surface area contributed by atoms with Crippen molar-refractivity contribution in [1.29, 1.82) is 0 Å². The van der Waals surface area contributed by atoms with Gasteiger partial charge in [-0.3, -0.25) is 9.78 Å². The molecule has 7 nitrogen and oxygen atoms in total. The highest BCUT2D eigenvalue weighted by Gasteiger charge is 2.09. The van der Waals surface area contributed by atoms with Crippen LogP contribution < -0.4 is 22.3 Å². The van der Waals surface area contributed by atoms with Gasteiger partial charge in [0, 0.05) is 6.54 Å². The molecule has 0 fully saturated rings. The third kappa shape index (κ3) is 4.66. The van der Waals surface area contributed by atoms with Crippen molar-refractivity contribution in [2.75, 3.05) is 13.1 Å². The van der Waals surface area contributed by atoms with Crippen molar-refractivity contribution >= 4 is 6.03 Å². The minimum absolute atomic E-state index is 0.372. The summed E-state index contributed by atoms with van der Waals surface area (Å²) in [6.45, 7) is 1.01. The van der Waals surface area contributed by atoms with Crippen molar-refractivity contribution in [3.63, 3.8) is 0 Å². The standard InChI is InChI=1S/C11H17FN4O3/c12-8-7-16(11(19)15-9(8)17)10(18)14-6-4-2-1-3-5-13/h7H,1-6,13H2,(H,14,18)(H,15,17,19). The zero-order valence-electron chi connectivity index (χ0n) is 10.4. The Morgan fingerprint density at radius 1 is 1.32 bits per heavy atom. The second-order valence-electron chi connectivity index (χ2n) is 4.04. The molecule has 1 aromatic heterocycles. The van der Waals surface area contributed by atoms with Gasteiger partial charge >= 0.3 is 11.7 Å². The maximum atomic E-state index is 13.0. The van der Waals surface area contributed by atoms with Gasteiger partial charge in [-0.1, -0.05) is 12.8 Å². The Morgan fingerprint density at radius 3 is 2.68 bits per heavy atom. The molecule has 0 radical (unpaired) electrons. The second kappa shape index (κ2) is 7.47. The number of nitrogens with two attached hydrogens (primary N) is 1. The van der Waals surface area contributed by atoms with Crippen molar-refractivity contribution in [1.82, 2.24) is 14.9 Å². The topological polar surface area (TPSA) is 110 Å². The van der Waals surface area contributed by atoms with Crippen LogP contribution in [0.2, 0.25) is 0 Å². The summed E-state index contributed by atoms with van der Waals surface area (Å²) >= 11 is 0. The number of unbranched alkanes of at least 4 members (excludes halogenated alkanes) is 3. The van der Waals surface area contributed by atoms with E-state index in [1.54, 1.807) is 4.98 Å². The Kier molecular flexibility index (Phi) is 5.94. The number of carbonyl (C=O) groups is 1. The summed E-state index contributed by atoms with van der Waals surface area (Å²) in [6.07, 6.45) is 4.13. The molecule has 19 heavy (non-hydrogen) atoms. The molecule has 4 N–H and O–H groups in total. The molecule has 0 atom stereocenters. The number of carbonyl (C=O) groups excluding carboxylic acids is 1. The highest BCUT2D eigenvalue weighted by Crippen LogP contribution is 1.97. The van der Waals surface area contributed by atoms with Gasteiger partial charge in [0.15, 0.2) is 0 Å². The number of hydrogen-bond donors (Lipinski definition) is 3. The summed E-state index contributed by atoms with van der Waals surface area (Å²) in [5.74, 6) is -1.18.